The van der Waals surface area contributed by atoms with Gasteiger partial charge in [-0.2, -0.15) is 0 Å². The minimum Gasteiger partial charge on any atom is -0.484 e. The Bertz CT molecular complexity index is 1350. The van der Waals surface area contributed by atoms with Gasteiger partial charge in [0.1, 0.15) is 30.7 Å². The number of benzene rings is 2. The maximum atomic E-state index is 13.0. The number of hydrogen-bond donors (Lipinski definition) is 1. The molecule has 0 unspecified atom stereocenters. The number of esters is 2. The fraction of sp³-hybridized carbons (Fsp3) is 0.529. The smallest absolute Gasteiger partial charge is 0.338 e. The van der Waals surface area contributed by atoms with Gasteiger partial charge < -0.3 is 29.2 Å². The Kier molecular flexibility index (Phi) is 9.16. The summed E-state index contributed by atoms with van der Waals surface area (Å²) in [6.45, 7) is 3.50. The molecule has 3 saturated heterocycles. The summed E-state index contributed by atoms with van der Waals surface area (Å²) in [6.07, 6.45) is 4.17. The lowest BCUT2D eigenvalue weighted by molar-refractivity contribution is -0.139. The molecule has 0 bridgehead atoms. The lowest BCUT2D eigenvalue weighted by Crippen LogP contribution is -2.46. The minimum atomic E-state index is -0.473. The van der Waals surface area contributed by atoms with Gasteiger partial charge >= 0.3 is 11.9 Å². The van der Waals surface area contributed by atoms with Crippen LogP contribution in [0.15, 0.2) is 48.5 Å². The zero-order valence-corrected chi connectivity index (χ0v) is 25.1. The Morgan fingerprint density at radius 2 is 1.75 bits per heavy atom. The van der Waals surface area contributed by atoms with Crippen LogP contribution in [-0.4, -0.2) is 73.2 Å². The first-order valence-corrected chi connectivity index (χ1v) is 15.8. The third-order valence-electron chi connectivity index (χ3n) is 8.88. The van der Waals surface area contributed by atoms with Crippen molar-refractivity contribution in [2.75, 3.05) is 26.3 Å². The largest absolute Gasteiger partial charge is 0.484 e. The summed E-state index contributed by atoms with van der Waals surface area (Å²) in [4.78, 5) is 51.7. The average Bonchev–Trinajstić information content (AvgIpc) is 3.55. The van der Waals surface area contributed by atoms with Gasteiger partial charge in [-0.15, -0.1) is 0 Å². The monoisotopic (exact) mass is 604 g/mol. The molecule has 2 aromatic carbocycles. The van der Waals surface area contributed by atoms with Gasteiger partial charge in [-0.1, -0.05) is 24.3 Å². The summed E-state index contributed by atoms with van der Waals surface area (Å²) in [5, 5.41) is 3.08. The van der Waals surface area contributed by atoms with Crippen LogP contribution in [0.25, 0.3) is 0 Å². The highest BCUT2D eigenvalue weighted by Crippen LogP contribution is 2.40. The molecule has 5 atom stereocenters. The summed E-state index contributed by atoms with van der Waals surface area (Å²) in [7, 11) is 0. The standard InChI is InChI=1S/C34H40N2O8/c1-21(35-32(38)29-5-3-17-41-29)31(24-10-8-23(9-11-24)22-6-7-22)43-27-14-12-25(13-15-27)34(40)44-28-4-2-16-36(19-28)33(39)26-18-30(37)42-20-26/h8-15,21-22,26,28-29,31H,2-7,16-20H2,1H3,(H,35,38)/t21-,26+,28-,29+,31-/m0/s1. The summed E-state index contributed by atoms with van der Waals surface area (Å²) in [5.74, 6) is -0.362. The van der Waals surface area contributed by atoms with Crippen molar-refractivity contribution in [2.24, 2.45) is 5.92 Å². The first kappa shape index (κ1) is 30.1. The molecule has 1 aliphatic carbocycles. The second-order valence-electron chi connectivity index (χ2n) is 12.3. The van der Waals surface area contributed by atoms with Crippen LogP contribution >= 0.6 is 0 Å². The maximum absolute atomic E-state index is 13.0. The average molecular weight is 605 g/mol. The van der Waals surface area contributed by atoms with E-state index in [4.69, 9.17) is 18.9 Å². The van der Waals surface area contributed by atoms with Crippen molar-refractivity contribution in [3.05, 3.63) is 65.2 Å². The molecule has 1 saturated carbocycles. The van der Waals surface area contributed by atoms with E-state index in [-0.39, 0.29) is 36.9 Å². The summed E-state index contributed by atoms with van der Waals surface area (Å²) in [5.41, 5.74) is 2.64. The van der Waals surface area contributed by atoms with E-state index in [9.17, 15) is 19.2 Å². The molecule has 6 rings (SSSR count). The molecule has 1 N–H and O–H groups in total. The highest BCUT2D eigenvalue weighted by atomic mass is 16.5. The Balaban J connectivity index is 1.08. The molecule has 2 amide bonds. The topological polar surface area (TPSA) is 120 Å². The normalized spacial score (nSPS) is 24.7. The van der Waals surface area contributed by atoms with Gasteiger partial charge in [0.05, 0.1) is 30.5 Å². The van der Waals surface area contributed by atoms with E-state index in [0.717, 1.165) is 12.0 Å². The molecule has 0 radical (unpaired) electrons. The third kappa shape index (κ3) is 7.23. The molecule has 44 heavy (non-hydrogen) atoms. The lowest BCUT2D eigenvalue weighted by atomic mass is 10.00. The number of nitrogens with one attached hydrogen (secondary N) is 1. The highest BCUT2D eigenvalue weighted by molar-refractivity contribution is 5.90. The van der Waals surface area contributed by atoms with Gasteiger partial charge in [0.25, 0.3) is 0 Å². The first-order chi connectivity index (χ1) is 21.3. The first-order valence-electron chi connectivity index (χ1n) is 15.8. The van der Waals surface area contributed by atoms with Gasteiger partial charge in [-0.25, -0.2) is 4.79 Å². The van der Waals surface area contributed by atoms with Crippen molar-refractivity contribution < 1.29 is 38.1 Å². The molecule has 234 valence electrons. The number of hydrogen-bond acceptors (Lipinski definition) is 8. The Hall–Kier alpha value is -3.92. The zero-order chi connectivity index (χ0) is 30.6. The molecule has 4 fully saturated rings. The molecule has 3 heterocycles. The molecule has 10 heteroatoms. The Labute approximate surface area is 257 Å². The number of rotatable bonds is 10. The molecule has 3 aliphatic heterocycles. The predicted molar refractivity (Wildman–Crippen MR) is 159 cm³/mol. The number of carbonyl (C=O) groups excluding carboxylic acids is 4. The van der Waals surface area contributed by atoms with E-state index >= 15 is 0 Å². The van der Waals surface area contributed by atoms with Crippen molar-refractivity contribution in [3.8, 4) is 5.75 Å². The van der Waals surface area contributed by atoms with Gasteiger partial charge in [0, 0.05) is 13.2 Å². The molecule has 2 aromatic rings. The molecule has 0 aromatic heterocycles. The maximum Gasteiger partial charge on any atom is 0.338 e. The van der Waals surface area contributed by atoms with Gasteiger partial charge in [-0.05, 0) is 86.8 Å². The summed E-state index contributed by atoms with van der Waals surface area (Å²) >= 11 is 0. The Morgan fingerprint density at radius 1 is 0.977 bits per heavy atom. The van der Waals surface area contributed by atoms with E-state index in [1.165, 1.54) is 18.4 Å². The van der Waals surface area contributed by atoms with E-state index in [2.05, 4.69) is 29.6 Å². The number of ether oxygens (including phenoxy) is 4. The zero-order valence-electron chi connectivity index (χ0n) is 25.1. The van der Waals surface area contributed by atoms with E-state index in [1.807, 2.05) is 6.92 Å². The number of likely N-dealkylation sites (tertiary alicyclic amines) is 1. The van der Waals surface area contributed by atoms with Crippen molar-refractivity contribution in [1.29, 1.82) is 0 Å². The van der Waals surface area contributed by atoms with E-state index in [0.29, 0.717) is 56.2 Å². The molecular formula is C34H40N2O8. The van der Waals surface area contributed by atoms with Crippen LogP contribution in [-0.2, 0) is 28.6 Å². The number of carbonyl (C=O) groups is 4. The van der Waals surface area contributed by atoms with Crippen LogP contribution < -0.4 is 10.1 Å². The van der Waals surface area contributed by atoms with E-state index < -0.39 is 30.2 Å². The van der Waals surface area contributed by atoms with Crippen molar-refractivity contribution in [3.63, 3.8) is 0 Å². The van der Waals surface area contributed by atoms with Crippen LogP contribution in [0.2, 0.25) is 0 Å². The SMILES string of the molecule is C[C@H](NC(=O)[C@H]1CCCO1)[C@H](Oc1ccc(C(=O)O[C@H]2CCCN(C(=O)[C@H]3COC(=O)C3)C2)cc1)c1ccc(C2CC2)cc1. The summed E-state index contributed by atoms with van der Waals surface area (Å²) < 4.78 is 22.7. The molecule has 10 nitrogen and oxygen atoms in total. The molecular weight excluding hydrogens is 564 g/mol. The number of amides is 2. The minimum absolute atomic E-state index is 0.0981. The van der Waals surface area contributed by atoms with Crippen molar-refractivity contribution >= 4 is 23.8 Å². The summed E-state index contributed by atoms with van der Waals surface area (Å²) in [6, 6.07) is 14.8. The lowest BCUT2D eigenvalue weighted by Gasteiger charge is -2.33. The second-order valence-corrected chi connectivity index (χ2v) is 12.3. The second kappa shape index (κ2) is 13.4. The van der Waals surface area contributed by atoms with Gasteiger partial charge in [-0.3, -0.25) is 14.4 Å². The Morgan fingerprint density at radius 3 is 2.41 bits per heavy atom. The van der Waals surface area contributed by atoms with Crippen LogP contribution in [0.5, 0.6) is 5.75 Å². The van der Waals surface area contributed by atoms with Crippen molar-refractivity contribution in [1.82, 2.24) is 10.2 Å². The van der Waals surface area contributed by atoms with Crippen LogP contribution in [0.4, 0.5) is 0 Å². The number of nitrogens with zero attached hydrogens (tertiary/aromatic N) is 1. The fourth-order valence-corrected chi connectivity index (χ4v) is 6.21. The third-order valence-corrected chi connectivity index (χ3v) is 8.88. The van der Waals surface area contributed by atoms with E-state index in [1.54, 1.807) is 29.2 Å². The van der Waals surface area contributed by atoms with Crippen LogP contribution in [0.3, 0.4) is 0 Å². The van der Waals surface area contributed by atoms with Gasteiger partial charge in [0.2, 0.25) is 11.8 Å². The van der Waals surface area contributed by atoms with Crippen LogP contribution in [0, 0.1) is 5.92 Å². The molecule has 4 aliphatic rings. The number of piperidine rings is 1. The quantitative estimate of drug-likeness (QED) is 0.403. The van der Waals surface area contributed by atoms with Crippen LogP contribution in [0.1, 0.15) is 85.4 Å². The number of cyclic esters (lactones) is 1. The predicted octanol–water partition coefficient (Wildman–Crippen LogP) is 4.08. The fourth-order valence-electron chi connectivity index (χ4n) is 6.21. The molecule has 0 spiro atoms. The van der Waals surface area contributed by atoms with Gasteiger partial charge in [0.15, 0.2) is 0 Å². The van der Waals surface area contributed by atoms with Crippen molar-refractivity contribution in [2.45, 2.75) is 82.1 Å². The highest BCUT2D eigenvalue weighted by Gasteiger charge is 2.36.